The highest BCUT2D eigenvalue weighted by Crippen LogP contribution is 2.44. The van der Waals surface area contributed by atoms with Gasteiger partial charge in [-0.05, 0) is 119 Å². The summed E-state index contributed by atoms with van der Waals surface area (Å²) in [6, 6.07) is 13.0. The normalized spacial score (nSPS) is 21.7. The second-order valence-electron chi connectivity index (χ2n) is 21.1. The molecular weight excluding hydrogens is 926 g/mol. The van der Waals surface area contributed by atoms with E-state index in [1.54, 1.807) is 29.1 Å². The number of hydrogen-bond acceptors (Lipinski definition) is 10. The molecule has 4 amide bonds. The number of benzene rings is 2. The molecule has 10 rings (SSSR count). The number of nitrogens with one attached hydrogen (secondary N) is 2. The van der Waals surface area contributed by atoms with E-state index in [1.807, 2.05) is 43.7 Å². The van der Waals surface area contributed by atoms with Gasteiger partial charge < -0.3 is 14.8 Å². The van der Waals surface area contributed by atoms with Gasteiger partial charge in [0.25, 0.3) is 11.5 Å². The van der Waals surface area contributed by atoms with E-state index >= 15 is 8.78 Å². The molecule has 0 radical (unpaired) electrons. The Kier molecular flexibility index (Phi) is 13.4. The molecule has 8 heterocycles. The summed E-state index contributed by atoms with van der Waals surface area (Å²) in [5.74, 6) is -3.11. The van der Waals surface area contributed by atoms with Gasteiger partial charge in [0.1, 0.15) is 23.3 Å². The fourth-order valence-electron chi connectivity index (χ4n) is 11.9. The van der Waals surface area contributed by atoms with E-state index in [4.69, 9.17) is 0 Å². The number of nitrogens with zero attached hydrogens (tertiary/aromatic N) is 8. The Hall–Kier alpha value is -6.37. The Morgan fingerprint density at radius 1 is 0.833 bits per heavy atom. The average molecular weight is 989 g/mol. The van der Waals surface area contributed by atoms with Crippen LogP contribution in [0.4, 0.5) is 24.5 Å². The van der Waals surface area contributed by atoms with Crippen LogP contribution in [0.3, 0.4) is 0 Å². The molecule has 0 unspecified atom stereocenters. The molecular formula is C54H63F3N10O5. The highest BCUT2D eigenvalue weighted by atomic mass is 19.1. The highest BCUT2D eigenvalue weighted by molar-refractivity contribution is 6.13. The van der Waals surface area contributed by atoms with Crippen molar-refractivity contribution in [1.82, 2.24) is 39.0 Å². The van der Waals surface area contributed by atoms with E-state index in [0.717, 1.165) is 68.1 Å². The Labute approximate surface area is 416 Å². The van der Waals surface area contributed by atoms with Gasteiger partial charge in [0.2, 0.25) is 17.7 Å². The Balaban J connectivity index is 0.698. The van der Waals surface area contributed by atoms with Gasteiger partial charge in [-0.2, -0.15) is 0 Å². The van der Waals surface area contributed by atoms with Crippen molar-refractivity contribution < 1.29 is 32.3 Å². The predicted octanol–water partition coefficient (Wildman–Crippen LogP) is 6.05. The number of likely N-dealkylation sites (tertiary alicyclic amines) is 2. The number of amides is 4. The number of carbonyl (C=O) groups excluding carboxylic acids is 4. The van der Waals surface area contributed by atoms with Crippen LogP contribution in [-0.2, 0) is 39.9 Å². The second kappa shape index (κ2) is 19.6. The Morgan fingerprint density at radius 3 is 2.26 bits per heavy atom. The summed E-state index contributed by atoms with van der Waals surface area (Å²) < 4.78 is 49.7. The number of pyridine rings is 2. The number of carbonyl (C=O) groups is 4. The number of rotatable bonds is 11. The monoisotopic (exact) mass is 988 g/mol. The van der Waals surface area contributed by atoms with E-state index in [1.165, 1.54) is 29.0 Å². The minimum absolute atomic E-state index is 0.0330. The van der Waals surface area contributed by atoms with E-state index < -0.39 is 34.8 Å². The maximum Gasteiger partial charge on any atom is 0.257 e. The smallest absolute Gasteiger partial charge is 0.257 e. The standard InChI is InChI=1S/C54H63F3N10O5/c1-32-27-63(28-34-6-7-45-39(22-34)54(2,3)53(72)67(45)46-8-9-47(68)60-51(46)70)20-21-65(32)29-33-11-18-64(19-12-33)52(71)36-23-40(55)49(41(56)24-36)35-13-16-62(17-14-35)30-37-25-38-44(10-15-59-50(38)61(37)5)66-31-42(57)43(58-4)26-48(66)69/h6-7,10,15,22-26,31-33,35,46,58H,8-9,11-14,16-21,27-30H2,1-5H3,(H,60,68,70)/t32-,46-/m0/s1. The topological polar surface area (TPSA) is 148 Å². The van der Waals surface area contributed by atoms with Crippen molar-refractivity contribution in [1.29, 1.82) is 0 Å². The number of aryl methyl sites for hydroxylation is 1. The van der Waals surface area contributed by atoms with Crippen molar-refractivity contribution in [2.45, 2.75) is 95.8 Å². The quantitative estimate of drug-likeness (QED) is 0.150. The highest BCUT2D eigenvalue weighted by Gasteiger charge is 2.49. The molecule has 0 spiro atoms. The molecule has 5 aliphatic heterocycles. The van der Waals surface area contributed by atoms with Crippen molar-refractivity contribution in [3.05, 3.63) is 117 Å². The zero-order chi connectivity index (χ0) is 50.7. The average Bonchev–Trinajstić information content (AvgIpc) is 3.77. The first-order chi connectivity index (χ1) is 34.5. The van der Waals surface area contributed by atoms with Gasteiger partial charge in [-0.3, -0.25) is 53.5 Å². The maximum absolute atomic E-state index is 15.9. The SMILES string of the molecule is CNc1cc(=O)n(-c2ccnc3c2cc(CN2CCC(c4c(F)cc(C(=O)N5CCC(CN6CCN(Cc7ccc8c(c7)C(C)(C)C(=O)N8[C@H]7CCC(=O)NC7=O)C[C@@H]6C)CC5)cc4F)CC2)n3C)cc1F. The summed E-state index contributed by atoms with van der Waals surface area (Å²) in [5, 5.41) is 5.79. The number of fused-ring (bicyclic) bond motifs is 2. The zero-order valence-corrected chi connectivity index (χ0v) is 41.6. The van der Waals surface area contributed by atoms with Gasteiger partial charge in [0.05, 0.1) is 23.0 Å². The lowest BCUT2D eigenvalue weighted by atomic mass is 9.85. The van der Waals surface area contributed by atoms with Crippen molar-refractivity contribution in [2.75, 3.05) is 69.6 Å². The van der Waals surface area contributed by atoms with Crippen molar-refractivity contribution in [3.63, 3.8) is 0 Å². The minimum atomic E-state index is -0.802. The molecule has 0 saturated carbocycles. The van der Waals surface area contributed by atoms with Gasteiger partial charge in [-0.15, -0.1) is 0 Å². The van der Waals surface area contributed by atoms with Crippen LogP contribution in [0, 0.1) is 23.4 Å². The summed E-state index contributed by atoms with van der Waals surface area (Å²) in [6.45, 7) is 13.1. The fraction of sp³-hybridized carbons (Fsp3) is 0.481. The van der Waals surface area contributed by atoms with Crippen LogP contribution in [0.15, 0.2) is 65.7 Å². The Bertz CT molecular complexity index is 3010. The lowest BCUT2D eigenvalue weighted by Crippen LogP contribution is -2.55. The van der Waals surface area contributed by atoms with Crippen LogP contribution in [0.5, 0.6) is 0 Å². The predicted molar refractivity (Wildman–Crippen MR) is 267 cm³/mol. The van der Waals surface area contributed by atoms with Gasteiger partial charge in [-0.25, -0.2) is 18.2 Å². The lowest BCUT2D eigenvalue weighted by molar-refractivity contribution is -0.136. The molecule has 2 N–H and O–H groups in total. The van der Waals surface area contributed by atoms with Crippen LogP contribution < -0.4 is 21.1 Å². The van der Waals surface area contributed by atoms with Crippen molar-refractivity contribution in [3.8, 4) is 5.69 Å². The summed E-state index contributed by atoms with van der Waals surface area (Å²) in [4.78, 5) is 79.9. The first kappa shape index (κ1) is 49.2. The molecule has 0 bridgehead atoms. The molecule has 3 aromatic heterocycles. The maximum atomic E-state index is 15.9. The van der Waals surface area contributed by atoms with Crippen LogP contribution in [-0.4, -0.2) is 129 Å². The van der Waals surface area contributed by atoms with Crippen LogP contribution >= 0.6 is 0 Å². The number of piperidine rings is 3. The summed E-state index contributed by atoms with van der Waals surface area (Å²) in [5.41, 5.74) is 3.82. The number of imide groups is 1. The molecule has 18 heteroatoms. The number of piperazine rings is 1. The molecule has 0 aliphatic carbocycles. The lowest BCUT2D eigenvalue weighted by Gasteiger charge is -2.42. The minimum Gasteiger partial charge on any atom is -0.386 e. The summed E-state index contributed by atoms with van der Waals surface area (Å²) in [6.07, 6.45) is 5.95. The number of hydrogen-bond donors (Lipinski definition) is 2. The largest absolute Gasteiger partial charge is 0.386 e. The van der Waals surface area contributed by atoms with E-state index in [-0.39, 0.29) is 52.4 Å². The van der Waals surface area contributed by atoms with Gasteiger partial charge in [0.15, 0.2) is 5.82 Å². The van der Waals surface area contributed by atoms with Crippen molar-refractivity contribution in [2.24, 2.45) is 13.0 Å². The molecule has 2 aromatic carbocycles. The van der Waals surface area contributed by atoms with Gasteiger partial charge in [0, 0.05) is 119 Å². The Morgan fingerprint density at radius 2 is 1.57 bits per heavy atom. The van der Waals surface area contributed by atoms with Crippen LogP contribution in [0.25, 0.3) is 16.7 Å². The van der Waals surface area contributed by atoms with E-state index in [2.05, 4.69) is 43.3 Å². The van der Waals surface area contributed by atoms with Crippen LogP contribution in [0.1, 0.15) is 98.0 Å². The fourth-order valence-corrected chi connectivity index (χ4v) is 11.9. The molecule has 5 aliphatic rings. The molecule has 5 aromatic rings. The molecule has 4 saturated heterocycles. The summed E-state index contributed by atoms with van der Waals surface area (Å²) in [7, 11) is 3.45. The third-order valence-corrected chi connectivity index (χ3v) is 16.2. The zero-order valence-electron chi connectivity index (χ0n) is 41.6. The molecule has 15 nitrogen and oxygen atoms in total. The number of anilines is 2. The van der Waals surface area contributed by atoms with E-state index in [0.29, 0.717) is 80.7 Å². The third-order valence-electron chi connectivity index (χ3n) is 16.2. The van der Waals surface area contributed by atoms with Gasteiger partial charge in [-0.1, -0.05) is 12.1 Å². The number of aromatic nitrogens is 3. The summed E-state index contributed by atoms with van der Waals surface area (Å²) >= 11 is 0. The van der Waals surface area contributed by atoms with Gasteiger partial charge >= 0.3 is 0 Å². The first-order valence-corrected chi connectivity index (χ1v) is 25.3. The molecule has 380 valence electrons. The molecule has 72 heavy (non-hydrogen) atoms. The molecule has 2 atom stereocenters. The molecule has 4 fully saturated rings. The first-order valence-electron chi connectivity index (χ1n) is 25.3. The van der Waals surface area contributed by atoms with E-state index in [9.17, 15) is 28.4 Å². The van der Waals surface area contributed by atoms with Crippen LogP contribution in [0.2, 0.25) is 0 Å². The second-order valence-corrected chi connectivity index (χ2v) is 21.1. The van der Waals surface area contributed by atoms with Crippen molar-refractivity contribution >= 4 is 46.0 Å². The number of halogens is 3. The third kappa shape index (κ3) is 9.21.